The summed E-state index contributed by atoms with van der Waals surface area (Å²) in [5.41, 5.74) is 1.36. The summed E-state index contributed by atoms with van der Waals surface area (Å²) in [4.78, 5) is 37.6. The molecule has 1 aliphatic heterocycles. The Kier molecular flexibility index (Phi) is 6.42. The molecule has 6 nitrogen and oxygen atoms in total. The van der Waals surface area contributed by atoms with E-state index in [1.165, 1.54) is 4.90 Å². The van der Waals surface area contributed by atoms with Crippen molar-refractivity contribution in [3.05, 3.63) is 65.7 Å². The second-order valence-electron chi connectivity index (χ2n) is 6.90. The number of piperidine rings is 1. The number of benzene rings is 2. The number of carbonyl (C=O) groups is 3. The van der Waals surface area contributed by atoms with Gasteiger partial charge in [0.15, 0.2) is 5.78 Å². The van der Waals surface area contributed by atoms with Gasteiger partial charge in [-0.2, -0.15) is 0 Å². The molecule has 0 radical (unpaired) electrons. The number of likely N-dealkylation sites (tertiary alicyclic amines) is 1. The number of amides is 1. The van der Waals surface area contributed by atoms with Gasteiger partial charge in [0.1, 0.15) is 18.1 Å². The summed E-state index contributed by atoms with van der Waals surface area (Å²) in [6.45, 7) is 0.923. The highest BCUT2D eigenvalue weighted by molar-refractivity contribution is 6.10. The molecule has 3 rings (SSSR count). The van der Waals surface area contributed by atoms with E-state index in [1.54, 1.807) is 24.3 Å². The highest BCUT2D eigenvalue weighted by Gasteiger charge is 2.29. The molecule has 0 saturated carbocycles. The van der Waals surface area contributed by atoms with Gasteiger partial charge in [-0.3, -0.25) is 9.59 Å². The average molecular weight is 381 g/mol. The zero-order valence-corrected chi connectivity index (χ0v) is 15.5. The largest absolute Gasteiger partial charge is 0.488 e. The maximum atomic E-state index is 12.7. The fraction of sp³-hybridized carbons (Fsp3) is 0.318. The summed E-state index contributed by atoms with van der Waals surface area (Å²) in [6.07, 6.45) is -0.0250. The lowest BCUT2D eigenvalue weighted by molar-refractivity contribution is -0.123. The van der Waals surface area contributed by atoms with Crippen LogP contribution in [0.1, 0.15) is 35.2 Å². The zero-order valence-electron chi connectivity index (χ0n) is 15.5. The van der Waals surface area contributed by atoms with E-state index in [0.29, 0.717) is 37.3 Å². The lowest BCUT2D eigenvalue weighted by Gasteiger charge is -2.29. The molecule has 1 N–H and O–H groups in total. The van der Waals surface area contributed by atoms with Crippen LogP contribution in [-0.2, 0) is 11.4 Å². The lowest BCUT2D eigenvalue weighted by Crippen LogP contribution is -2.41. The molecule has 2 aromatic carbocycles. The highest BCUT2D eigenvalue weighted by Crippen LogP contribution is 2.24. The Balaban J connectivity index is 1.64. The minimum absolute atomic E-state index is 0.160. The standard InChI is InChI=1S/C22H23NO5/c24-19(17-9-6-12-23(14-17)22(26)27)13-20(25)18-10-4-5-11-21(18)28-15-16-7-2-1-3-8-16/h1-5,7-8,10-11,17H,6,9,12-15H2,(H,26,27). The van der Waals surface area contributed by atoms with E-state index >= 15 is 0 Å². The number of Topliss-reactive ketones (excluding diaryl/α,β-unsaturated/α-hetero) is 2. The monoisotopic (exact) mass is 381 g/mol. The summed E-state index contributed by atoms with van der Waals surface area (Å²) >= 11 is 0. The van der Waals surface area contributed by atoms with E-state index in [1.807, 2.05) is 30.3 Å². The molecule has 2 aromatic rings. The number of hydrogen-bond acceptors (Lipinski definition) is 4. The second-order valence-corrected chi connectivity index (χ2v) is 6.90. The van der Waals surface area contributed by atoms with Gasteiger partial charge < -0.3 is 14.7 Å². The van der Waals surface area contributed by atoms with Crippen LogP contribution < -0.4 is 4.74 Å². The first kappa shape index (κ1) is 19.6. The highest BCUT2D eigenvalue weighted by atomic mass is 16.5. The molecule has 146 valence electrons. The Morgan fingerprint density at radius 1 is 1.04 bits per heavy atom. The number of para-hydroxylation sites is 1. The second kappa shape index (κ2) is 9.17. The summed E-state index contributed by atoms with van der Waals surface area (Å²) in [7, 11) is 0. The fourth-order valence-electron chi connectivity index (χ4n) is 3.37. The minimum Gasteiger partial charge on any atom is -0.488 e. The maximum absolute atomic E-state index is 12.7. The third-order valence-electron chi connectivity index (χ3n) is 4.91. The van der Waals surface area contributed by atoms with E-state index in [0.717, 1.165) is 5.56 Å². The van der Waals surface area contributed by atoms with Gasteiger partial charge >= 0.3 is 6.09 Å². The smallest absolute Gasteiger partial charge is 0.407 e. The summed E-state index contributed by atoms with van der Waals surface area (Å²) < 4.78 is 5.80. The van der Waals surface area contributed by atoms with Crippen molar-refractivity contribution in [3.8, 4) is 5.75 Å². The molecule has 0 aromatic heterocycles. The molecule has 1 saturated heterocycles. The van der Waals surface area contributed by atoms with Gasteiger partial charge in [-0.15, -0.1) is 0 Å². The van der Waals surface area contributed by atoms with Crippen LogP contribution in [0.15, 0.2) is 54.6 Å². The molecular weight excluding hydrogens is 358 g/mol. The SMILES string of the molecule is O=C(CC(=O)C1CCCN(C(=O)O)C1)c1ccccc1OCc1ccccc1. The number of rotatable bonds is 7. The Bertz CT molecular complexity index is 849. The van der Waals surface area contributed by atoms with Gasteiger partial charge in [0.2, 0.25) is 0 Å². The molecule has 1 aliphatic rings. The van der Waals surface area contributed by atoms with E-state index in [9.17, 15) is 14.4 Å². The van der Waals surface area contributed by atoms with E-state index in [-0.39, 0.29) is 24.5 Å². The number of ether oxygens (including phenoxy) is 1. The molecular formula is C22H23NO5. The molecule has 0 aliphatic carbocycles. The summed E-state index contributed by atoms with van der Waals surface area (Å²) in [5.74, 6) is -0.499. The van der Waals surface area contributed by atoms with Crippen LogP contribution >= 0.6 is 0 Å². The Morgan fingerprint density at radius 3 is 2.50 bits per heavy atom. The molecule has 0 bridgehead atoms. The number of ketones is 2. The van der Waals surface area contributed by atoms with E-state index in [4.69, 9.17) is 9.84 Å². The predicted molar refractivity (Wildman–Crippen MR) is 103 cm³/mol. The van der Waals surface area contributed by atoms with Gasteiger partial charge in [0.05, 0.1) is 12.0 Å². The van der Waals surface area contributed by atoms with Crippen molar-refractivity contribution >= 4 is 17.7 Å². The zero-order chi connectivity index (χ0) is 19.9. The fourth-order valence-corrected chi connectivity index (χ4v) is 3.37. The molecule has 1 heterocycles. The van der Waals surface area contributed by atoms with Crippen LogP contribution in [0.5, 0.6) is 5.75 Å². The molecule has 1 amide bonds. The molecule has 1 atom stereocenters. The van der Waals surface area contributed by atoms with Crippen LogP contribution in [0.3, 0.4) is 0 Å². The quantitative estimate of drug-likeness (QED) is 0.583. The molecule has 6 heteroatoms. The molecule has 0 spiro atoms. The van der Waals surface area contributed by atoms with Crippen LogP contribution in [-0.4, -0.2) is 40.8 Å². The van der Waals surface area contributed by atoms with Gasteiger partial charge in [-0.1, -0.05) is 42.5 Å². The van der Waals surface area contributed by atoms with Gasteiger partial charge in [0, 0.05) is 19.0 Å². The van der Waals surface area contributed by atoms with Crippen LogP contribution in [0.4, 0.5) is 4.79 Å². The lowest BCUT2D eigenvalue weighted by atomic mass is 9.90. The van der Waals surface area contributed by atoms with Crippen molar-refractivity contribution in [1.29, 1.82) is 0 Å². The van der Waals surface area contributed by atoms with Gasteiger partial charge in [-0.05, 0) is 30.5 Å². The van der Waals surface area contributed by atoms with Crippen molar-refractivity contribution in [1.82, 2.24) is 4.90 Å². The van der Waals surface area contributed by atoms with Crippen molar-refractivity contribution < 1.29 is 24.2 Å². The van der Waals surface area contributed by atoms with Crippen LogP contribution in [0.25, 0.3) is 0 Å². The summed E-state index contributed by atoms with van der Waals surface area (Å²) in [5, 5.41) is 9.12. The Labute approximate surface area is 163 Å². The normalized spacial score (nSPS) is 16.4. The van der Waals surface area contributed by atoms with E-state index in [2.05, 4.69) is 0 Å². The average Bonchev–Trinajstić information content (AvgIpc) is 2.73. The van der Waals surface area contributed by atoms with Crippen molar-refractivity contribution in [2.24, 2.45) is 5.92 Å². The Morgan fingerprint density at radius 2 is 1.75 bits per heavy atom. The predicted octanol–water partition coefficient (Wildman–Crippen LogP) is 3.80. The van der Waals surface area contributed by atoms with Crippen LogP contribution in [0.2, 0.25) is 0 Å². The van der Waals surface area contributed by atoms with Crippen molar-refractivity contribution in [2.75, 3.05) is 13.1 Å². The topological polar surface area (TPSA) is 83.9 Å². The number of nitrogens with zero attached hydrogens (tertiary/aromatic N) is 1. The first-order valence-corrected chi connectivity index (χ1v) is 9.34. The first-order chi connectivity index (χ1) is 13.5. The van der Waals surface area contributed by atoms with Crippen LogP contribution in [0, 0.1) is 5.92 Å². The third-order valence-corrected chi connectivity index (χ3v) is 4.91. The van der Waals surface area contributed by atoms with E-state index < -0.39 is 12.0 Å². The van der Waals surface area contributed by atoms with Crippen molar-refractivity contribution in [2.45, 2.75) is 25.9 Å². The third kappa shape index (κ3) is 4.97. The molecule has 1 fully saturated rings. The Hall–Kier alpha value is -3.15. The number of carbonyl (C=O) groups excluding carboxylic acids is 2. The maximum Gasteiger partial charge on any atom is 0.407 e. The number of hydrogen-bond donors (Lipinski definition) is 1. The van der Waals surface area contributed by atoms with Gasteiger partial charge in [-0.25, -0.2) is 4.79 Å². The molecule has 28 heavy (non-hydrogen) atoms. The first-order valence-electron chi connectivity index (χ1n) is 9.34. The molecule has 1 unspecified atom stereocenters. The minimum atomic E-state index is -1.02. The van der Waals surface area contributed by atoms with Gasteiger partial charge in [0.25, 0.3) is 0 Å². The summed E-state index contributed by atoms with van der Waals surface area (Å²) in [6, 6.07) is 16.5. The number of carboxylic acid groups (broad SMARTS) is 1. The van der Waals surface area contributed by atoms with Crippen molar-refractivity contribution in [3.63, 3.8) is 0 Å².